The molecular formula is C19H29N3O2. The van der Waals surface area contributed by atoms with Gasteiger partial charge in [-0.2, -0.15) is 0 Å². The maximum absolute atomic E-state index is 12.7. The second kappa shape index (κ2) is 9.40. The van der Waals surface area contributed by atoms with Gasteiger partial charge in [0.2, 0.25) is 0 Å². The van der Waals surface area contributed by atoms with Crippen LogP contribution in [0.25, 0.3) is 0 Å². The van der Waals surface area contributed by atoms with E-state index in [-0.39, 0.29) is 11.8 Å². The molecule has 1 aromatic heterocycles. The van der Waals surface area contributed by atoms with E-state index >= 15 is 0 Å². The molecule has 5 nitrogen and oxygen atoms in total. The SMILES string of the molecule is CCCN(CCC)C(=O)c1ccnc(C(=O)N2CCCCCC2)c1. The van der Waals surface area contributed by atoms with Gasteiger partial charge in [0, 0.05) is 37.9 Å². The average molecular weight is 331 g/mol. The van der Waals surface area contributed by atoms with Crippen LogP contribution in [0.15, 0.2) is 18.3 Å². The number of aromatic nitrogens is 1. The fourth-order valence-electron chi connectivity index (χ4n) is 3.15. The minimum absolute atomic E-state index is 0.00832. The molecule has 5 heteroatoms. The highest BCUT2D eigenvalue weighted by atomic mass is 16.2. The van der Waals surface area contributed by atoms with Crippen LogP contribution < -0.4 is 0 Å². The van der Waals surface area contributed by atoms with Crippen molar-refractivity contribution in [2.24, 2.45) is 0 Å². The van der Waals surface area contributed by atoms with Gasteiger partial charge in [-0.1, -0.05) is 26.7 Å². The first-order valence-corrected chi connectivity index (χ1v) is 9.22. The van der Waals surface area contributed by atoms with Gasteiger partial charge in [-0.3, -0.25) is 14.6 Å². The predicted octanol–water partition coefficient (Wildman–Crippen LogP) is 3.36. The number of carbonyl (C=O) groups is 2. The quantitative estimate of drug-likeness (QED) is 0.803. The number of amides is 2. The van der Waals surface area contributed by atoms with Crippen molar-refractivity contribution in [2.75, 3.05) is 26.2 Å². The Morgan fingerprint density at radius 2 is 1.71 bits per heavy atom. The molecule has 2 rings (SSSR count). The van der Waals surface area contributed by atoms with Crippen molar-refractivity contribution in [3.8, 4) is 0 Å². The van der Waals surface area contributed by atoms with Crippen molar-refractivity contribution in [3.63, 3.8) is 0 Å². The molecule has 0 spiro atoms. The van der Waals surface area contributed by atoms with E-state index in [0.717, 1.165) is 51.9 Å². The van der Waals surface area contributed by atoms with E-state index in [9.17, 15) is 9.59 Å². The zero-order valence-corrected chi connectivity index (χ0v) is 15.0. The molecule has 0 aromatic carbocycles. The molecule has 0 N–H and O–H groups in total. The third kappa shape index (κ3) is 4.79. The normalized spacial score (nSPS) is 15.0. The molecule has 1 aliphatic rings. The van der Waals surface area contributed by atoms with Gasteiger partial charge >= 0.3 is 0 Å². The average Bonchev–Trinajstić information content (AvgIpc) is 2.90. The molecule has 2 heterocycles. The van der Waals surface area contributed by atoms with Gasteiger partial charge in [-0.05, 0) is 37.8 Å². The lowest BCUT2D eigenvalue weighted by Crippen LogP contribution is -2.34. The Labute approximate surface area is 145 Å². The molecule has 0 bridgehead atoms. The summed E-state index contributed by atoms with van der Waals surface area (Å²) in [6.45, 7) is 7.19. The van der Waals surface area contributed by atoms with Crippen LogP contribution in [0.3, 0.4) is 0 Å². The van der Waals surface area contributed by atoms with Crippen LogP contribution in [0.2, 0.25) is 0 Å². The summed E-state index contributed by atoms with van der Waals surface area (Å²) in [4.78, 5) is 33.3. The van der Waals surface area contributed by atoms with Gasteiger partial charge in [-0.15, -0.1) is 0 Å². The standard InChI is InChI=1S/C19H29N3O2/c1-3-11-21(12-4-2)18(23)16-9-10-20-17(15-16)19(24)22-13-7-5-6-8-14-22/h9-10,15H,3-8,11-14H2,1-2H3. The number of nitrogens with zero attached hydrogens (tertiary/aromatic N) is 3. The highest BCUT2D eigenvalue weighted by molar-refractivity contribution is 5.98. The third-order valence-electron chi connectivity index (χ3n) is 4.39. The smallest absolute Gasteiger partial charge is 0.272 e. The largest absolute Gasteiger partial charge is 0.339 e. The molecule has 1 aliphatic heterocycles. The molecule has 0 radical (unpaired) electrons. The Morgan fingerprint density at radius 3 is 2.29 bits per heavy atom. The summed E-state index contributed by atoms with van der Waals surface area (Å²) < 4.78 is 0. The van der Waals surface area contributed by atoms with E-state index in [1.165, 1.54) is 12.8 Å². The molecule has 132 valence electrons. The second-order valence-corrected chi connectivity index (χ2v) is 6.43. The lowest BCUT2D eigenvalue weighted by molar-refractivity contribution is 0.0753. The van der Waals surface area contributed by atoms with Crippen molar-refractivity contribution in [1.82, 2.24) is 14.8 Å². The van der Waals surface area contributed by atoms with Gasteiger partial charge < -0.3 is 9.80 Å². The van der Waals surface area contributed by atoms with Gasteiger partial charge in [0.1, 0.15) is 5.69 Å². The molecule has 0 saturated carbocycles. The number of pyridine rings is 1. The van der Waals surface area contributed by atoms with E-state index in [0.29, 0.717) is 11.3 Å². The number of rotatable bonds is 6. The van der Waals surface area contributed by atoms with Crippen LogP contribution in [0.1, 0.15) is 73.2 Å². The van der Waals surface area contributed by atoms with Gasteiger partial charge in [0.05, 0.1) is 0 Å². The molecule has 1 fully saturated rings. The van der Waals surface area contributed by atoms with Crippen LogP contribution in [0.4, 0.5) is 0 Å². The van der Waals surface area contributed by atoms with Gasteiger partial charge in [0.15, 0.2) is 0 Å². The summed E-state index contributed by atoms with van der Waals surface area (Å²) in [6, 6.07) is 3.37. The van der Waals surface area contributed by atoms with E-state index in [4.69, 9.17) is 0 Å². The van der Waals surface area contributed by atoms with Gasteiger partial charge in [-0.25, -0.2) is 0 Å². The molecule has 1 saturated heterocycles. The van der Waals surface area contributed by atoms with Crippen LogP contribution >= 0.6 is 0 Å². The predicted molar refractivity (Wildman–Crippen MR) is 95.1 cm³/mol. The molecule has 2 amide bonds. The highest BCUT2D eigenvalue weighted by Crippen LogP contribution is 2.14. The Balaban J connectivity index is 2.14. The monoisotopic (exact) mass is 331 g/mol. The number of likely N-dealkylation sites (tertiary alicyclic amines) is 1. The summed E-state index contributed by atoms with van der Waals surface area (Å²) in [6.07, 6.45) is 7.88. The Hall–Kier alpha value is -1.91. The third-order valence-corrected chi connectivity index (χ3v) is 4.39. The summed E-state index contributed by atoms with van der Waals surface area (Å²) >= 11 is 0. The Morgan fingerprint density at radius 1 is 1.08 bits per heavy atom. The summed E-state index contributed by atoms with van der Waals surface area (Å²) in [5.41, 5.74) is 0.945. The number of hydrogen-bond acceptors (Lipinski definition) is 3. The number of hydrogen-bond donors (Lipinski definition) is 0. The minimum Gasteiger partial charge on any atom is -0.339 e. The topological polar surface area (TPSA) is 53.5 Å². The molecule has 0 atom stereocenters. The Kier molecular flexibility index (Phi) is 7.22. The lowest BCUT2D eigenvalue weighted by Gasteiger charge is -2.22. The fourth-order valence-corrected chi connectivity index (χ4v) is 3.15. The summed E-state index contributed by atoms with van der Waals surface area (Å²) in [5.74, 6) is -0.0601. The van der Waals surface area contributed by atoms with Crippen molar-refractivity contribution in [1.29, 1.82) is 0 Å². The first kappa shape index (κ1) is 18.4. The van der Waals surface area contributed by atoms with Crippen LogP contribution in [0.5, 0.6) is 0 Å². The molecule has 0 unspecified atom stereocenters. The van der Waals surface area contributed by atoms with E-state index in [2.05, 4.69) is 18.8 Å². The maximum Gasteiger partial charge on any atom is 0.272 e. The van der Waals surface area contributed by atoms with E-state index in [1.54, 1.807) is 18.3 Å². The van der Waals surface area contributed by atoms with Crippen molar-refractivity contribution in [2.45, 2.75) is 52.4 Å². The summed E-state index contributed by atoms with van der Waals surface area (Å²) in [5, 5.41) is 0. The Bertz CT molecular complexity index is 516. The second-order valence-electron chi connectivity index (χ2n) is 6.43. The van der Waals surface area contributed by atoms with Crippen LogP contribution in [-0.4, -0.2) is 52.8 Å². The highest BCUT2D eigenvalue weighted by Gasteiger charge is 2.21. The first-order chi connectivity index (χ1) is 11.7. The van der Waals surface area contributed by atoms with Crippen LogP contribution in [-0.2, 0) is 0 Å². The van der Waals surface area contributed by atoms with Crippen molar-refractivity contribution >= 4 is 11.8 Å². The molecular weight excluding hydrogens is 302 g/mol. The zero-order chi connectivity index (χ0) is 17.4. The molecule has 24 heavy (non-hydrogen) atoms. The molecule has 0 aliphatic carbocycles. The molecule has 1 aromatic rings. The zero-order valence-electron chi connectivity index (χ0n) is 15.0. The number of carbonyl (C=O) groups excluding carboxylic acids is 2. The van der Waals surface area contributed by atoms with Crippen molar-refractivity contribution in [3.05, 3.63) is 29.6 Å². The van der Waals surface area contributed by atoms with Crippen LogP contribution in [0, 0.1) is 0 Å². The lowest BCUT2D eigenvalue weighted by atomic mass is 10.1. The van der Waals surface area contributed by atoms with Crippen molar-refractivity contribution < 1.29 is 9.59 Å². The van der Waals surface area contributed by atoms with Gasteiger partial charge in [0.25, 0.3) is 11.8 Å². The summed E-state index contributed by atoms with van der Waals surface area (Å²) in [7, 11) is 0. The maximum atomic E-state index is 12.7. The van der Waals surface area contributed by atoms with E-state index in [1.807, 2.05) is 9.80 Å². The first-order valence-electron chi connectivity index (χ1n) is 9.22. The van der Waals surface area contributed by atoms with E-state index < -0.39 is 0 Å². The minimum atomic E-state index is -0.0518. The fraction of sp³-hybridized carbons (Fsp3) is 0.632.